The van der Waals surface area contributed by atoms with Crippen molar-refractivity contribution in [2.24, 2.45) is 0 Å². The minimum absolute atomic E-state index is 1.10. The Balaban J connectivity index is 2.13. The highest BCUT2D eigenvalue weighted by Crippen LogP contribution is 2.12. The molecule has 0 radical (unpaired) electrons. The fraction of sp³-hybridized carbons (Fsp3) is 0.647. The molecule has 0 atom stereocenters. The Kier molecular flexibility index (Phi) is 7.76. The van der Waals surface area contributed by atoms with Crippen LogP contribution < -0.4 is 5.32 Å². The standard InChI is InChI=1S/C17H31N2/c1-18-14-10-5-4-6-11-15-19(2,3)16-17-12-8-7-9-13-17/h7-9,12-13,18H,4-6,10-11,14-16H2,1-3H3/q+1. The summed E-state index contributed by atoms with van der Waals surface area (Å²) in [5, 5.41) is 3.21. The Morgan fingerprint density at radius 2 is 1.53 bits per heavy atom. The molecule has 0 saturated carbocycles. The molecule has 2 heteroatoms. The molecule has 2 nitrogen and oxygen atoms in total. The van der Waals surface area contributed by atoms with E-state index in [1.807, 2.05) is 7.05 Å². The van der Waals surface area contributed by atoms with Crippen LogP contribution in [0.15, 0.2) is 30.3 Å². The minimum Gasteiger partial charge on any atom is -0.325 e. The molecule has 0 aromatic heterocycles. The molecule has 0 heterocycles. The summed E-state index contributed by atoms with van der Waals surface area (Å²) in [5.41, 5.74) is 1.45. The molecular formula is C17H31N2+. The van der Waals surface area contributed by atoms with E-state index in [1.165, 1.54) is 44.2 Å². The fourth-order valence-electron chi connectivity index (χ4n) is 2.53. The Labute approximate surface area is 119 Å². The first kappa shape index (κ1) is 16.2. The van der Waals surface area contributed by atoms with Crippen molar-refractivity contribution < 1.29 is 4.48 Å². The predicted octanol–water partition coefficient (Wildman–Crippen LogP) is 3.43. The van der Waals surface area contributed by atoms with Crippen molar-refractivity contribution in [1.29, 1.82) is 0 Å². The number of hydrogen-bond donors (Lipinski definition) is 1. The first-order chi connectivity index (χ1) is 9.14. The lowest BCUT2D eigenvalue weighted by Gasteiger charge is -2.30. The normalized spacial score (nSPS) is 11.7. The van der Waals surface area contributed by atoms with Gasteiger partial charge in [0.05, 0.1) is 20.6 Å². The van der Waals surface area contributed by atoms with Gasteiger partial charge in [-0.25, -0.2) is 0 Å². The summed E-state index contributed by atoms with van der Waals surface area (Å²) in [7, 11) is 6.71. The molecule has 0 bridgehead atoms. The summed E-state index contributed by atoms with van der Waals surface area (Å²) in [4.78, 5) is 0. The minimum atomic E-state index is 1.10. The summed E-state index contributed by atoms with van der Waals surface area (Å²) in [5.74, 6) is 0. The first-order valence-corrected chi connectivity index (χ1v) is 7.64. The van der Waals surface area contributed by atoms with E-state index < -0.39 is 0 Å². The largest absolute Gasteiger partial charge is 0.325 e. The van der Waals surface area contributed by atoms with Gasteiger partial charge in [0.2, 0.25) is 0 Å². The second-order valence-corrected chi connectivity index (χ2v) is 6.17. The van der Waals surface area contributed by atoms with Gasteiger partial charge in [0, 0.05) is 5.56 Å². The average molecular weight is 263 g/mol. The Hall–Kier alpha value is -0.860. The van der Waals surface area contributed by atoms with Crippen LogP contribution >= 0.6 is 0 Å². The molecule has 0 fully saturated rings. The van der Waals surface area contributed by atoms with Crippen molar-refractivity contribution in [2.45, 2.75) is 38.6 Å². The maximum absolute atomic E-state index is 3.21. The van der Waals surface area contributed by atoms with Crippen LogP contribution in [0.3, 0.4) is 0 Å². The van der Waals surface area contributed by atoms with Gasteiger partial charge in [0.1, 0.15) is 6.54 Å². The van der Waals surface area contributed by atoms with Gasteiger partial charge in [-0.2, -0.15) is 0 Å². The molecular weight excluding hydrogens is 232 g/mol. The van der Waals surface area contributed by atoms with Gasteiger partial charge in [-0.3, -0.25) is 0 Å². The third kappa shape index (κ3) is 8.02. The number of benzene rings is 1. The fourth-order valence-corrected chi connectivity index (χ4v) is 2.53. The van der Waals surface area contributed by atoms with Gasteiger partial charge in [0.25, 0.3) is 0 Å². The van der Waals surface area contributed by atoms with Crippen LogP contribution in [0.4, 0.5) is 0 Å². The first-order valence-electron chi connectivity index (χ1n) is 7.64. The number of rotatable bonds is 10. The van der Waals surface area contributed by atoms with Crippen LogP contribution in [0.5, 0.6) is 0 Å². The van der Waals surface area contributed by atoms with Crippen molar-refractivity contribution in [3.63, 3.8) is 0 Å². The number of hydrogen-bond acceptors (Lipinski definition) is 1. The highest BCUT2D eigenvalue weighted by Gasteiger charge is 2.14. The predicted molar refractivity (Wildman–Crippen MR) is 84.1 cm³/mol. The summed E-state index contributed by atoms with van der Waals surface area (Å²) in [6.07, 6.45) is 6.79. The van der Waals surface area contributed by atoms with Crippen molar-refractivity contribution in [2.75, 3.05) is 34.2 Å². The molecule has 1 rings (SSSR count). The number of nitrogens with zero attached hydrogens (tertiary/aromatic N) is 1. The molecule has 1 aromatic carbocycles. The van der Waals surface area contributed by atoms with Crippen LogP contribution in [0, 0.1) is 0 Å². The SMILES string of the molecule is CNCCCCCCC[N+](C)(C)Cc1ccccc1. The molecule has 0 saturated heterocycles. The van der Waals surface area contributed by atoms with Crippen LogP contribution in [0.25, 0.3) is 0 Å². The van der Waals surface area contributed by atoms with Crippen LogP contribution in [0.1, 0.15) is 37.7 Å². The zero-order chi connectivity index (χ0) is 14.0. The van der Waals surface area contributed by atoms with Crippen molar-refractivity contribution in [1.82, 2.24) is 5.32 Å². The third-order valence-corrected chi connectivity index (χ3v) is 3.64. The van der Waals surface area contributed by atoms with Gasteiger partial charge in [-0.15, -0.1) is 0 Å². The lowest BCUT2D eigenvalue weighted by molar-refractivity contribution is -0.903. The topological polar surface area (TPSA) is 12.0 Å². The number of unbranched alkanes of at least 4 members (excludes halogenated alkanes) is 4. The molecule has 1 N–H and O–H groups in total. The third-order valence-electron chi connectivity index (χ3n) is 3.64. The molecule has 0 spiro atoms. The zero-order valence-corrected chi connectivity index (χ0v) is 13.0. The molecule has 0 unspecified atom stereocenters. The Bertz CT molecular complexity index is 319. The summed E-state index contributed by atoms with van der Waals surface area (Å²) in [6, 6.07) is 10.8. The van der Waals surface area contributed by atoms with E-state index >= 15 is 0 Å². The van der Waals surface area contributed by atoms with Crippen molar-refractivity contribution >= 4 is 0 Å². The molecule has 0 aliphatic rings. The molecule has 1 aromatic rings. The molecule has 19 heavy (non-hydrogen) atoms. The summed E-state index contributed by atoms with van der Waals surface area (Å²) in [6.45, 7) is 3.58. The van der Waals surface area contributed by atoms with Gasteiger partial charge in [-0.1, -0.05) is 43.2 Å². The van der Waals surface area contributed by atoms with Crippen molar-refractivity contribution in [3.05, 3.63) is 35.9 Å². The maximum Gasteiger partial charge on any atom is 0.104 e. The summed E-state index contributed by atoms with van der Waals surface area (Å²) < 4.78 is 1.10. The number of quaternary nitrogens is 1. The monoisotopic (exact) mass is 263 g/mol. The van der Waals surface area contributed by atoms with E-state index in [0.29, 0.717) is 0 Å². The highest BCUT2D eigenvalue weighted by atomic mass is 15.3. The van der Waals surface area contributed by atoms with Crippen LogP contribution in [0.2, 0.25) is 0 Å². The van der Waals surface area contributed by atoms with Crippen LogP contribution in [-0.4, -0.2) is 38.7 Å². The quantitative estimate of drug-likeness (QED) is 0.504. The molecule has 108 valence electrons. The Morgan fingerprint density at radius 1 is 0.895 bits per heavy atom. The van der Waals surface area contributed by atoms with E-state index in [4.69, 9.17) is 0 Å². The maximum atomic E-state index is 3.21. The smallest absolute Gasteiger partial charge is 0.104 e. The molecule has 0 amide bonds. The van der Waals surface area contributed by atoms with E-state index in [-0.39, 0.29) is 0 Å². The average Bonchev–Trinajstić information content (AvgIpc) is 2.38. The second kappa shape index (κ2) is 9.11. The highest BCUT2D eigenvalue weighted by molar-refractivity contribution is 5.13. The van der Waals surface area contributed by atoms with Gasteiger partial charge >= 0.3 is 0 Å². The van der Waals surface area contributed by atoms with E-state index in [2.05, 4.69) is 49.7 Å². The molecule has 0 aliphatic heterocycles. The zero-order valence-electron chi connectivity index (χ0n) is 13.0. The lowest BCUT2D eigenvalue weighted by atomic mass is 10.1. The van der Waals surface area contributed by atoms with Crippen LogP contribution in [-0.2, 0) is 6.54 Å². The number of nitrogens with one attached hydrogen (secondary N) is 1. The second-order valence-electron chi connectivity index (χ2n) is 6.17. The lowest BCUT2D eigenvalue weighted by Crippen LogP contribution is -2.39. The van der Waals surface area contributed by atoms with E-state index in [1.54, 1.807) is 0 Å². The van der Waals surface area contributed by atoms with Gasteiger partial charge < -0.3 is 9.80 Å². The van der Waals surface area contributed by atoms with E-state index in [0.717, 1.165) is 17.6 Å². The Morgan fingerprint density at radius 3 is 2.21 bits per heavy atom. The van der Waals surface area contributed by atoms with Gasteiger partial charge in [-0.05, 0) is 32.9 Å². The van der Waals surface area contributed by atoms with Crippen molar-refractivity contribution in [3.8, 4) is 0 Å². The molecule has 0 aliphatic carbocycles. The summed E-state index contributed by atoms with van der Waals surface area (Å²) >= 11 is 0. The van der Waals surface area contributed by atoms with Gasteiger partial charge in [0.15, 0.2) is 0 Å². The van der Waals surface area contributed by atoms with E-state index in [9.17, 15) is 0 Å².